The number of amides is 1. The number of ketones is 1. The molecule has 0 bridgehead atoms. The molecular formula is C19H20N2O2S. The second-order valence-electron chi connectivity index (χ2n) is 5.72. The Morgan fingerprint density at radius 1 is 1.17 bits per heavy atom. The number of hydrogen-bond acceptors (Lipinski definition) is 3. The molecule has 124 valence electrons. The molecule has 0 unspecified atom stereocenters. The minimum Gasteiger partial charge on any atom is -0.350 e. The molecule has 0 saturated carbocycles. The van der Waals surface area contributed by atoms with Crippen LogP contribution in [-0.4, -0.2) is 16.3 Å². The van der Waals surface area contributed by atoms with E-state index in [0.717, 1.165) is 22.2 Å². The summed E-state index contributed by atoms with van der Waals surface area (Å²) < 4.78 is 1.86. The van der Waals surface area contributed by atoms with Gasteiger partial charge in [-0.3, -0.25) is 9.59 Å². The number of nitrogens with zero attached hydrogens (tertiary/aromatic N) is 1. The molecule has 3 aromatic rings. The van der Waals surface area contributed by atoms with Crippen molar-refractivity contribution in [1.82, 2.24) is 9.88 Å². The van der Waals surface area contributed by atoms with Gasteiger partial charge in [0.2, 0.25) is 5.91 Å². The second kappa shape index (κ2) is 7.45. The first kappa shape index (κ1) is 16.5. The second-order valence-corrected chi connectivity index (χ2v) is 6.75. The van der Waals surface area contributed by atoms with Gasteiger partial charge in [0.15, 0.2) is 5.78 Å². The Bertz CT molecular complexity index is 850. The molecule has 2 aromatic heterocycles. The number of Topliss-reactive ketones (excluding diaryl/α,β-unsaturated/α-hetero) is 1. The lowest BCUT2D eigenvalue weighted by Crippen LogP contribution is -2.26. The molecule has 0 saturated heterocycles. The maximum Gasteiger partial charge on any atom is 0.240 e. The van der Waals surface area contributed by atoms with Crippen LogP contribution in [0.5, 0.6) is 0 Å². The molecule has 0 radical (unpaired) electrons. The van der Waals surface area contributed by atoms with Crippen molar-refractivity contribution < 1.29 is 9.59 Å². The van der Waals surface area contributed by atoms with Gasteiger partial charge in [-0.25, -0.2) is 0 Å². The summed E-state index contributed by atoms with van der Waals surface area (Å²) in [7, 11) is 0. The number of para-hydroxylation sites is 1. The van der Waals surface area contributed by atoms with Crippen molar-refractivity contribution in [2.45, 2.75) is 32.9 Å². The third-order valence-corrected chi connectivity index (χ3v) is 4.80. The van der Waals surface area contributed by atoms with Crippen molar-refractivity contribution >= 4 is 33.9 Å². The van der Waals surface area contributed by atoms with Gasteiger partial charge < -0.3 is 9.88 Å². The number of fused-ring (bicyclic) bond motifs is 1. The fourth-order valence-electron chi connectivity index (χ4n) is 2.77. The van der Waals surface area contributed by atoms with Crippen molar-refractivity contribution in [3.63, 3.8) is 0 Å². The summed E-state index contributed by atoms with van der Waals surface area (Å²) in [4.78, 5) is 25.7. The van der Waals surface area contributed by atoms with Crippen LogP contribution in [0.25, 0.3) is 10.9 Å². The summed E-state index contributed by atoms with van der Waals surface area (Å²) in [5, 5.41) is 5.84. The van der Waals surface area contributed by atoms with Crippen molar-refractivity contribution in [2.75, 3.05) is 0 Å². The molecule has 1 aromatic carbocycles. The highest BCUT2D eigenvalue weighted by Gasteiger charge is 2.15. The number of nitrogens with one attached hydrogen (secondary N) is 1. The molecule has 3 rings (SSSR count). The van der Waals surface area contributed by atoms with Gasteiger partial charge in [0.1, 0.15) is 6.54 Å². The lowest BCUT2D eigenvalue weighted by Gasteiger charge is -2.06. The van der Waals surface area contributed by atoms with E-state index in [9.17, 15) is 9.59 Å². The molecule has 4 nitrogen and oxygen atoms in total. The van der Waals surface area contributed by atoms with E-state index in [2.05, 4.69) is 5.32 Å². The van der Waals surface area contributed by atoms with E-state index in [0.29, 0.717) is 18.5 Å². The topological polar surface area (TPSA) is 51.1 Å². The summed E-state index contributed by atoms with van der Waals surface area (Å²) in [6, 6.07) is 11.7. The normalized spacial score (nSPS) is 10.9. The minimum absolute atomic E-state index is 0.0568. The van der Waals surface area contributed by atoms with Gasteiger partial charge >= 0.3 is 0 Å². The summed E-state index contributed by atoms with van der Waals surface area (Å²) >= 11 is 1.62. The Balaban J connectivity index is 1.78. The molecule has 0 aliphatic carbocycles. The summed E-state index contributed by atoms with van der Waals surface area (Å²) in [6.07, 6.45) is 3.16. The van der Waals surface area contributed by atoms with E-state index in [1.807, 2.05) is 59.5 Å². The average molecular weight is 340 g/mol. The molecule has 0 aliphatic rings. The van der Waals surface area contributed by atoms with Gasteiger partial charge in [-0.1, -0.05) is 31.2 Å². The number of carbonyl (C=O) groups excluding carboxylic acids is 2. The molecule has 0 aliphatic heterocycles. The molecule has 5 heteroatoms. The Kier molecular flexibility index (Phi) is 5.11. The molecule has 1 amide bonds. The van der Waals surface area contributed by atoms with E-state index in [1.54, 1.807) is 11.3 Å². The van der Waals surface area contributed by atoms with Crippen LogP contribution in [0, 0.1) is 0 Å². The molecule has 1 N–H and O–H groups in total. The zero-order chi connectivity index (χ0) is 16.9. The van der Waals surface area contributed by atoms with Crippen LogP contribution >= 0.6 is 11.3 Å². The van der Waals surface area contributed by atoms with Crippen molar-refractivity contribution in [3.05, 3.63) is 58.4 Å². The standard InChI is InChI=1S/C19H20N2O2S/c1-2-6-18(22)16-12-21(17-9-4-3-8-15(16)17)13-19(23)20-11-14-7-5-10-24-14/h3-5,7-10,12H,2,6,11,13H2,1H3,(H,20,23). The van der Waals surface area contributed by atoms with Gasteiger partial charge in [0.25, 0.3) is 0 Å². The Morgan fingerprint density at radius 3 is 2.75 bits per heavy atom. The van der Waals surface area contributed by atoms with Gasteiger partial charge in [-0.05, 0) is 23.9 Å². The summed E-state index contributed by atoms with van der Waals surface area (Å²) in [5.41, 5.74) is 1.63. The van der Waals surface area contributed by atoms with Crippen LogP contribution in [0.4, 0.5) is 0 Å². The third-order valence-electron chi connectivity index (χ3n) is 3.92. The van der Waals surface area contributed by atoms with E-state index >= 15 is 0 Å². The zero-order valence-corrected chi connectivity index (χ0v) is 14.4. The maximum atomic E-state index is 12.3. The average Bonchev–Trinajstić information content (AvgIpc) is 3.22. The number of benzene rings is 1. The van der Waals surface area contributed by atoms with E-state index < -0.39 is 0 Å². The highest BCUT2D eigenvalue weighted by Crippen LogP contribution is 2.23. The summed E-state index contributed by atoms with van der Waals surface area (Å²) in [6.45, 7) is 2.75. The van der Waals surface area contributed by atoms with E-state index in [4.69, 9.17) is 0 Å². The molecule has 0 atom stereocenters. The minimum atomic E-state index is -0.0568. The van der Waals surface area contributed by atoms with Gasteiger partial charge in [-0.15, -0.1) is 11.3 Å². The summed E-state index contributed by atoms with van der Waals surface area (Å²) in [5.74, 6) is 0.0742. The van der Waals surface area contributed by atoms with Gasteiger partial charge in [-0.2, -0.15) is 0 Å². The number of rotatable bonds is 7. The Labute approximate surface area is 145 Å². The van der Waals surface area contributed by atoms with Gasteiger partial charge in [0, 0.05) is 34.0 Å². The van der Waals surface area contributed by atoms with Crippen LogP contribution in [0.2, 0.25) is 0 Å². The van der Waals surface area contributed by atoms with Crippen LogP contribution in [-0.2, 0) is 17.9 Å². The first-order valence-corrected chi connectivity index (χ1v) is 8.97. The smallest absolute Gasteiger partial charge is 0.240 e. The predicted molar refractivity (Wildman–Crippen MR) is 97.3 cm³/mol. The maximum absolute atomic E-state index is 12.3. The van der Waals surface area contributed by atoms with E-state index in [1.165, 1.54) is 0 Å². The van der Waals surface area contributed by atoms with Crippen LogP contribution < -0.4 is 5.32 Å². The molecule has 0 spiro atoms. The van der Waals surface area contributed by atoms with Gasteiger partial charge in [0.05, 0.1) is 6.54 Å². The number of carbonyl (C=O) groups is 2. The van der Waals surface area contributed by atoms with Crippen molar-refractivity contribution in [2.24, 2.45) is 0 Å². The first-order valence-electron chi connectivity index (χ1n) is 8.09. The Morgan fingerprint density at radius 2 is 2.00 bits per heavy atom. The molecule has 0 fully saturated rings. The largest absolute Gasteiger partial charge is 0.350 e. The third kappa shape index (κ3) is 3.57. The van der Waals surface area contributed by atoms with E-state index in [-0.39, 0.29) is 18.2 Å². The number of hydrogen-bond donors (Lipinski definition) is 1. The fourth-order valence-corrected chi connectivity index (χ4v) is 3.42. The van der Waals surface area contributed by atoms with Crippen molar-refractivity contribution in [3.8, 4) is 0 Å². The fraction of sp³-hybridized carbons (Fsp3) is 0.263. The number of aromatic nitrogens is 1. The Hall–Kier alpha value is -2.40. The van der Waals surface area contributed by atoms with Crippen LogP contribution in [0.15, 0.2) is 48.0 Å². The zero-order valence-electron chi connectivity index (χ0n) is 13.6. The van der Waals surface area contributed by atoms with Crippen LogP contribution in [0.1, 0.15) is 35.0 Å². The number of thiophene rings is 1. The molecule has 2 heterocycles. The SMILES string of the molecule is CCCC(=O)c1cn(CC(=O)NCc2cccs2)c2ccccc12. The highest BCUT2D eigenvalue weighted by molar-refractivity contribution is 7.09. The lowest BCUT2D eigenvalue weighted by atomic mass is 10.1. The monoisotopic (exact) mass is 340 g/mol. The molecule has 24 heavy (non-hydrogen) atoms. The molecular weight excluding hydrogens is 320 g/mol. The first-order chi connectivity index (χ1) is 11.7. The van der Waals surface area contributed by atoms with Crippen LogP contribution in [0.3, 0.4) is 0 Å². The highest BCUT2D eigenvalue weighted by atomic mass is 32.1. The lowest BCUT2D eigenvalue weighted by molar-refractivity contribution is -0.121. The van der Waals surface area contributed by atoms with Crippen molar-refractivity contribution in [1.29, 1.82) is 0 Å². The predicted octanol–water partition coefficient (Wildman–Crippen LogP) is 4.00. The quantitative estimate of drug-likeness (QED) is 0.661.